The molecule has 0 aliphatic carbocycles. The molecule has 0 aliphatic rings. The first-order valence-electron chi connectivity index (χ1n) is 9.15. The van der Waals surface area contributed by atoms with Gasteiger partial charge in [0.25, 0.3) is 0 Å². The molecule has 4 nitrogen and oxygen atoms in total. The summed E-state index contributed by atoms with van der Waals surface area (Å²) in [7, 11) is 0. The predicted molar refractivity (Wildman–Crippen MR) is 117 cm³/mol. The van der Waals surface area contributed by atoms with Gasteiger partial charge in [-0.1, -0.05) is 76.6 Å². The lowest BCUT2D eigenvalue weighted by molar-refractivity contribution is 0.669. The van der Waals surface area contributed by atoms with E-state index in [0.29, 0.717) is 0 Å². The Morgan fingerprint density at radius 3 is 2.00 bits per heavy atom. The largest absolute Gasteiger partial charge is 0.262 e. The van der Waals surface area contributed by atoms with Crippen LogP contribution in [-0.4, -0.2) is 9.78 Å². The zero-order valence-corrected chi connectivity index (χ0v) is 17.0. The van der Waals surface area contributed by atoms with Crippen molar-refractivity contribution >= 4 is 27.3 Å². The van der Waals surface area contributed by atoms with E-state index in [1.165, 1.54) is 0 Å². The summed E-state index contributed by atoms with van der Waals surface area (Å²) in [6.07, 6.45) is 0. The maximum absolute atomic E-state index is 4.86. The summed E-state index contributed by atoms with van der Waals surface area (Å²) < 4.78 is 3.01. The summed E-state index contributed by atoms with van der Waals surface area (Å²) >= 11 is 3.45. The smallest absolute Gasteiger partial charge is 0.140 e. The Morgan fingerprint density at radius 1 is 0.786 bits per heavy atom. The van der Waals surface area contributed by atoms with E-state index < -0.39 is 0 Å². The molecule has 0 aliphatic heterocycles. The van der Waals surface area contributed by atoms with E-state index in [4.69, 9.17) is 5.10 Å². The average Bonchev–Trinajstić information content (AvgIpc) is 3.13. The zero-order chi connectivity index (χ0) is 19.3. The van der Waals surface area contributed by atoms with Gasteiger partial charge in [0.15, 0.2) is 0 Å². The first kappa shape index (κ1) is 18.3. The van der Waals surface area contributed by atoms with Gasteiger partial charge in [0.2, 0.25) is 0 Å². The molecule has 138 valence electrons. The summed E-state index contributed by atoms with van der Waals surface area (Å²) in [6, 6.07) is 28.1. The summed E-state index contributed by atoms with van der Waals surface area (Å²) in [6.45, 7) is 2.84. The molecule has 1 heterocycles. The fraction of sp³-hybridized carbons (Fsp3) is 0.0870. The van der Waals surface area contributed by atoms with Gasteiger partial charge in [-0.05, 0) is 31.2 Å². The molecule has 0 atom stereocenters. The van der Waals surface area contributed by atoms with Gasteiger partial charge in [-0.3, -0.25) is 4.68 Å². The van der Waals surface area contributed by atoms with E-state index in [0.717, 1.165) is 44.9 Å². The number of hydrogen-bond donors (Lipinski definition) is 0. The number of nitrogens with zero attached hydrogens (tertiary/aromatic N) is 4. The molecule has 0 saturated heterocycles. The molecular weight excluding hydrogens is 412 g/mol. The van der Waals surface area contributed by atoms with Crippen molar-refractivity contribution in [1.82, 2.24) is 9.78 Å². The normalized spacial score (nSPS) is 11.2. The third-order valence-corrected chi connectivity index (χ3v) is 4.94. The quantitative estimate of drug-likeness (QED) is 0.303. The van der Waals surface area contributed by atoms with Crippen LogP contribution >= 0.6 is 15.9 Å². The average molecular weight is 431 g/mol. The molecule has 0 bridgehead atoms. The fourth-order valence-electron chi connectivity index (χ4n) is 3.06. The minimum Gasteiger partial charge on any atom is -0.262 e. The summed E-state index contributed by atoms with van der Waals surface area (Å²) in [5, 5.41) is 14.0. The highest BCUT2D eigenvalue weighted by Crippen LogP contribution is 2.40. The molecule has 5 heteroatoms. The van der Waals surface area contributed by atoms with Crippen LogP contribution in [0.15, 0.2) is 99.6 Å². The second-order valence-electron chi connectivity index (χ2n) is 6.27. The lowest BCUT2D eigenvalue weighted by atomic mass is 10.1. The highest BCUT2D eigenvalue weighted by Gasteiger charge is 2.20. The maximum Gasteiger partial charge on any atom is 0.140 e. The van der Waals surface area contributed by atoms with Crippen LogP contribution in [-0.2, 0) is 6.54 Å². The Hall–Kier alpha value is -3.05. The van der Waals surface area contributed by atoms with Crippen LogP contribution in [0.2, 0.25) is 0 Å². The third kappa shape index (κ3) is 3.80. The number of azo groups is 1. The lowest BCUT2D eigenvalue weighted by Gasteiger charge is -2.05. The monoisotopic (exact) mass is 430 g/mol. The van der Waals surface area contributed by atoms with Gasteiger partial charge < -0.3 is 0 Å². The van der Waals surface area contributed by atoms with Crippen molar-refractivity contribution < 1.29 is 0 Å². The molecule has 3 aromatic carbocycles. The zero-order valence-electron chi connectivity index (χ0n) is 15.5. The van der Waals surface area contributed by atoms with E-state index in [1.54, 1.807) is 0 Å². The van der Waals surface area contributed by atoms with Crippen molar-refractivity contribution in [1.29, 1.82) is 0 Å². The molecule has 0 radical (unpaired) electrons. The topological polar surface area (TPSA) is 42.5 Å². The molecule has 4 aromatic rings. The molecule has 0 unspecified atom stereocenters. The summed E-state index contributed by atoms with van der Waals surface area (Å²) in [5.74, 6) is 0. The van der Waals surface area contributed by atoms with Crippen LogP contribution in [0.5, 0.6) is 0 Å². The summed E-state index contributed by atoms with van der Waals surface area (Å²) in [5.41, 5.74) is 5.48. The minimum absolute atomic E-state index is 0.748. The van der Waals surface area contributed by atoms with Crippen molar-refractivity contribution in [3.05, 3.63) is 89.4 Å². The first-order valence-corrected chi connectivity index (χ1v) is 9.94. The van der Waals surface area contributed by atoms with E-state index in [1.807, 2.05) is 65.3 Å². The van der Waals surface area contributed by atoms with Crippen molar-refractivity contribution in [2.75, 3.05) is 0 Å². The third-order valence-electron chi connectivity index (χ3n) is 4.41. The molecule has 1 aromatic heterocycles. The van der Waals surface area contributed by atoms with Crippen LogP contribution < -0.4 is 0 Å². The van der Waals surface area contributed by atoms with Gasteiger partial charge in [-0.15, -0.1) is 5.11 Å². The van der Waals surface area contributed by atoms with Crippen LogP contribution in [0.3, 0.4) is 0 Å². The van der Waals surface area contributed by atoms with Crippen LogP contribution in [0.25, 0.3) is 22.5 Å². The number of aromatic nitrogens is 2. The second-order valence-corrected chi connectivity index (χ2v) is 7.19. The number of hydrogen-bond acceptors (Lipinski definition) is 3. The fourth-order valence-corrected chi connectivity index (χ4v) is 3.33. The Balaban J connectivity index is 1.90. The molecule has 0 N–H and O–H groups in total. The molecule has 0 fully saturated rings. The summed E-state index contributed by atoms with van der Waals surface area (Å²) in [4.78, 5) is 0. The van der Waals surface area contributed by atoms with Gasteiger partial charge in [-0.25, -0.2) is 0 Å². The van der Waals surface area contributed by atoms with Crippen LogP contribution in [0.4, 0.5) is 11.4 Å². The lowest BCUT2D eigenvalue weighted by Crippen LogP contribution is -1.99. The van der Waals surface area contributed by atoms with E-state index in [9.17, 15) is 0 Å². The van der Waals surface area contributed by atoms with Crippen LogP contribution in [0.1, 0.15) is 6.92 Å². The Kier molecular flexibility index (Phi) is 5.44. The van der Waals surface area contributed by atoms with Crippen molar-refractivity contribution in [3.8, 4) is 22.5 Å². The van der Waals surface area contributed by atoms with E-state index >= 15 is 0 Å². The standard InChI is InChI=1S/C23H19BrN4/c1-2-28-23(18-11-7-4-8-12-18)22(21(27-28)17-9-5-3-6-10-17)26-25-20-15-13-19(24)14-16-20/h3-16H,2H2,1H3. The number of halogens is 1. The molecular formula is C23H19BrN4. The van der Waals surface area contributed by atoms with Crippen molar-refractivity contribution in [3.63, 3.8) is 0 Å². The van der Waals surface area contributed by atoms with Gasteiger partial charge in [0.1, 0.15) is 11.4 Å². The van der Waals surface area contributed by atoms with Gasteiger partial charge >= 0.3 is 0 Å². The Labute approximate surface area is 172 Å². The maximum atomic E-state index is 4.86. The number of aryl methyl sites for hydroxylation is 1. The predicted octanol–water partition coefficient (Wildman–Crippen LogP) is 7.41. The second kappa shape index (κ2) is 8.31. The number of rotatable bonds is 5. The molecule has 0 saturated carbocycles. The molecule has 0 spiro atoms. The van der Waals surface area contributed by atoms with Crippen molar-refractivity contribution in [2.24, 2.45) is 10.2 Å². The SMILES string of the molecule is CCn1nc(-c2ccccc2)c(N=Nc2ccc(Br)cc2)c1-c1ccccc1. The van der Waals surface area contributed by atoms with Gasteiger partial charge in [-0.2, -0.15) is 10.2 Å². The van der Waals surface area contributed by atoms with Crippen LogP contribution in [0, 0.1) is 0 Å². The minimum atomic E-state index is 0.748. The highest BCUT2D eigenvalue weighted by atomic mass is 79.9. The van der Waals surface area contributed by atoms with Gasteiger partial charge in [0.05, 0.1) is 11.4 Å². The van der Waals surface area contributed by atoms with Crippen molar-refractivity contribution in [2.45, 2.75) is 13.5 Å². The molecule has 28 heavy (non-hydrogen) atoms. The number of benzene rings is 3. The Morgan fingerprint density at radius 2 is 1.39 bits per heavy atom. The molecule has 4 rings (SSSR count). The highest BCUT2D eigenvalue weighted by molar-refractivity contribution is 9.10. The first-order chi connectivity index (χ1) is 13.8. The van der Waals surface area contributed by atoms with E-state index in [2.05, 4.69) is 57.3 Å². The molecule has 0 amide bonds. The van der Waals surface area contributed by atoms with E-state index in [-0.39, 0.29) is 0 Å². The Bertz CT molecular complexity index is 1080. The van der Waals surface area contributed by atoms with Gasteiger partial charge in [0, 0.05) is 22.1 Å².